The number of ether oxygens (including phenoxy) is 1. The van der Waals surface area contributed by atoms with E-state index in [-0.39, 0.29) is 5.91 Å². The topological polar surface area (TPSA) is 55.1 Å². The largest absolute Gasteiger partial charge is 0.465 e. The summed E-state index contributed by atoms with van der Waals surface area (Å²) in [4.78, 5) is 18.2. The van der Waals surface area contributed by atoms with Gasteiger partial charge in [-0.15, -0.1) is 0 Å². The first-order valence-corrected chi connectivity index (χ1v) is 8.23. The summed E-state index contributed by atoms with van der Waals surface area (Å²) in [7, 11) is 4.22. The highest BCUT2D eigenvalue weighted by Gasteiger charge is 2.12. The van der Waals surface area contributed by atoms with Gasteiger partial charge in [-0.05, 0) is 24.5 Å². The van der Waals surface area contributed by atoms with E-state index in [0.717, 1.165) is 18.5 Å². The molecular formula is C18H30N3O2+. The minimum atomic E-state index is -0.177. The molecule has 0 saturated heterocycles. The first-order valence-electron chi connectivity index (χ1n) is 8.23. The van der Waals surface area contributed by atoms with Crippen LogP contribution in [0.3, 0.4) is 0 Å². The molecule has 5 nitrogen and oxygen atoms in total. The van der Waals surface area contributed by atoms with E-state index in [9.17, 15) is 4.79 Å². The van der Waals surface area contributed by atoms with E-state index >= 15 is 0 Å². The molecule has 0 atom stereocenters. The Morgan fingerprint density at radius 1 is 1.30 bits per heavy atom. The predicted octanol–water partition coefficient (Wildman–Crippen LogP) is 1.29. The maximum Gasteiger partial charge on any atom is 0.291 e. The van der Waals surface area contributed by atoms with Crippen LogP contribution in [0.15, 0.2) is 29.3 Å². The summed E-state index contributed by atoms with van der Waals surface area (Å²) in [5.74, 6) is 0.200. The molecule has 0 aromatic heterocycles. The number of benzene rings is 1. The highest BCUT2D eigenvalue weighted by Crippen LogP contribution is 2.06. The second kappa shape index (κ2) is 10.0. The zero-order chi connectivity index (χ0) is 17.2. The van der Waals surface area contributed by atoms with E-state index in [1.54, 1.807) is 6.07 Å². The van der Waals surface area contributed by atoms with E-state index in [0.29, 0.717) is 30.7 Å². The number of amides is 1. The van der Waals surface area contributed by atoms with Crippen molar-refractivity contribution < 1.29 is 14.4 Å². The lowest BCUT2D eigenvalue weighted by molar-refractivity contribution is -0.858. The van der Waals surface area contributed by atoms with Crippen molar-refractivity contribution in [3.63, 3.8) is 0 Å². The van der Waals surface area contributed by atoms with Crippen LogP contribution in [0.4, 0.5) is 0 Å². The number of amidine groups is 1. The molecule has 1 rings (SSSR count). The Bertz CT molecular complexity index is 525. The maximum atomic E-state index is 12.4. The van der Waals surface area contributed by atoms with Gasteiger partial charge in [-0.25, -0.2) is 4.99 Å². The molecule has 0 saturated carbocycles. The second-order valence-electron chi connectivity index (χ2n) is 6.47. The number of rotatable bonds is 7. The van der Waals surface area contributed by atoms with Crippen LogP contribution in [0.1, 0.15) is 36.2 Å². The van der Waals surface area contributed by atoms with Crippen molar-refractivity contribution in [2.24, 2.45) is 10.9 Å². The van der Waals surface area contributed by atoms with Crippen molar-refractivity contribution in [1.29, 1.82) is 0 Å². The van der Waals surface area contributed by atoms with E-state index in [4.69, 9.17) is 4.74 Å². The van der Waals surface area contributed by atoms with Crippen LogP contribution in [-0.2, 0) is 4.74 Å². The number of aryl methyl sites for hydroxylation is 1. The van der Waals surface area contributed by atoms with Crippen LogP contribution in [-0.4, -0.2) is 45.7 Å². The SMILES string of the molecule is Cc1ccccc1C(=O)NC(=NCCC[NH+](C)C)OCC(C)C. The number of quaternary nitrogens is 1. The van der Waals surface area contributed by atoms with Gasteiger partial charge in [0.2, 0.25) is 0 Å². The van der Waals surface area contributed by atoms with Crippen molar-refractivity contribution in [1.82, 2.24) is 5.32 Å². The molecule has 1 aromatic carbocycles. The van der Waals surface area contributed by atoms with Crippen LogP contribution in [0, 0.1) is 12.8 Å². The molecule has 0 spiro atoms. The highest BCUT2D eigenvalue weighted by molar-refractivity contribution is 6.04. The molecule has 0 fully saturated rings. The number of aliphatic imine (C=N–C) groups is 1. The summed E-state index contributed by atoms with van der Waals surface area (Å²) in [6.45, 7) is 8.26. The van der Waals surface area contributed by atoms with Gasteiger partial charge in [0.05, 0.1) is 27.2 Å². The Balaban J connectivity index is 2.69. The molecular weight excluding hydrogens is 290 g/mol. The summed E-state index contributed by atoms with van der Waals surface area (Å²) >= 11 is 0. The van der Waals surface area contributed by atoms with Gasteiger partial charge in [-0.2, -0.15) is 0 Å². The van der Waals surface area contributed by atoms with Gasteiger partial charge in [-0.3, -0.25) is 10.1 Å². The van der Waals surface area contributed by atoms with E-state index < -0.39 is 0 Å². The fraction of sp³-hybridized carbons (Fsp3) is 0.556. The first-order chi connectivity index (χ1) is 10.9. The monoisotopic (exact) mass is 320 g/mol. The standard InChI is InChI=1S/C18H29N3O2/c1-14(2)13-23-18(19-11-8-12-21(4)5)20-17(22)16-10-7-6-9-15(16)3/h6-7,9-10,14H,8,11-13H2,1-5H3,(H,19,20,22)/p+1. The first kappa shape index (κ1) is 19.2. The van der Waals surface area contributed by atoms with Crippen LogP contribution in [0.25, 0.3) is 0 Å². The van der Waals surface area contributed by atoms with Crippen molar-refractivity contribution >= 4 is 11.9 Å². The molecule has 0 heterocycles. The molecule has 1 aromatic rings. The Kier molecular flexibility index (Phi) is 8.33. The van der Waals surface area contributed by atoms with Crippen molar-refractivity contribution in [3.05, 3.63) is 35.4 Å². The molecule has 1 amide bonds. The summed E-state index contributed by atoms with van der Waals surface area (Å²) in [5.41, 5.74) is 1.58. The normalized spacial score (nSPS) is 11.9. The molecule has 0 aliphatic carbocycles. The predicted molar refractivity (Wildman–Crippen MR) is 94.0 cm³/mol. The smallest absolute Gasteiger partial charge is 0.291 e. The second-order valence-corrected chi connectivity index (χ2v) is 6.47. The summed E-state index contributed by atoms with van der Waals surface area (Å²) in [6.07, 6.45) is 0.955. The third kappa shape index (κ3) is 7.79. The Hall–Kier alpha value is -1.88. The minimum Gasteiger partial charge on any atom is -0.465 e. The Morgan fingerprint density at radius 3 is 2.61 bits per heavy atom. The molecule has 128 valence electrons. The maximum absolute atomic E-state index is 12.4. The summed E-state index contributed by atoms with van der Waals surface area (Å²) in [5, 5.41) is 2.80. The average Bonchev–Trinajstić information content (AvgIpc) is 2.48. The number of carbonyl (C=O) groups is 1. The van der Waals surface area contributed by atoms with Gasteiger partial charge in [0.1, 0.15) is 0 Å². The summed E-state index contributed by atoms with van der Waals surface area (Å²) in [6, 6.07) is 7.81. The number of hydrogen-bond acceptors (Lipinski definition) is 3. The van der Waals surface area contributed by atoms with E-state index in [1.165, 1.54) is 4.90 Å². The number of nitrogens with one attached hydrogen (secondary N) is 2. The number of nitrogens with zero attached hydrogens (tertiary/aromatic N) is 1. The molecule has 2 N–H and O–H groups in total. The van der Waals surface area contributed by atoms with Gasteiger partial charge in [0.15, 0.2) is 0 Å². The quantitative estimate of drug-likeness (QED) is 0.452. The fourth-order valence-corrected chi connectivity index (χ4v) is 1.97. The third-order valence-electron chi connectivity index (χ3n) is 3.25. The molecule has 0 aliphatic heterocycles. The highest BCUT2D eigenvalue weighted by atomic mass is 16.5. The van der Waals surface area contributed by atoms with Gasteiger partial charge in [0, 0.05) is 18.5 Å². The Morgan fingerprint density at radius 2 is 2.00 bits per heavy atom. The molecule has 0 unspecified atom stereocenters. The van der Waals surface area contributed by atoms with E-state index in [2.05, 4.69) is 38.3 Å². The van der Waals surface area contributed by atoms with Crippen molar-refractivity contribution in [2.75, 3.05) is 33.8 Å². The lowest BCUT2D eigenvalue weighted by atomic mass is 10.1. The van der Waals surface area contributed by atoms with Crippen LogP contribution >= 0.6 is 0 Å². The van der Waals surface area contributed by atoms with E-state index in [1.807, 2.05) is 25.1 Å². The van der Waals surface area contributed by atoms with Crippen LogP contribution in [0.5, 0.6) is 0 Å². The zero-order valence-electron chi connectivity index (χ0n) is 15.0. The molecule has 0 bridgehead atoms. The molecule has 0 radical (unpaired) electrons. The number of hydrogen-bond donors (Lipinski definition) is 2. The molecule has 0 aliphatic rings. The lowest BCUT2D eigenvalue weighted by Crippen LogP contribution is -3.05. The third-order valence-corrected chi connectivity index (χ3v) is 3.25. The average molecular weight is 320 g/mol. The van der Waals surface area contributed by atoms with Gasteiger partial charge < -0.3 is 9.64 Å². The summed E-state index contributed by atoms with van der Waals surface area (Å²) < 4.78 is 5.65. The van der Waals surface area contributed by atoms with Gasteiger partial charge in [-0.1, -0.05) is 32.0 Å². The van der Waals surface area contributed by atoms with Gasteiger partial charge >= 0.3 is 0 Å². The molecule has 23 heavy (non-hydrogen) atoms. The Labute approximate surface area is 139 Å². The number of carbonyl (C=O) groups excluding carboxylic acids is 1. The van der Waals surface area contributed by atoms with Crippen molar-refractivity contribution in [3.8, 4) is 0 Å². The van der Waals surface area contributed by atoms with Gasteiger partial charge in [0.25, 0.3) is 11.9 Å². The minimum absolute atomic E-state index is 0.177. The fourth-order valence-electron chi connectivity index (χ4n) is 1.97. The van der Waals surface area contributed by atoms with Crippen LogP contribution in [0.2, 0.25) is 0 Å². The molecule has 5 heteroatoms. The van der Waals surface area contributed by atoms with Crippen molar-refractivity contribution in [2.45, 2.75) is 27.2 Å². The zero-order valence-corrected chi connectivity index (χ0v) is 15.0. The van der Waals surface area contributed by atoms with Crippen LogP contribution < -0.4 is 10.2 Å². The lowest BCUT2D eigenvalue weighted by Gasteiger charge is -2.13.